The molecule has 14 heavy (non-hydrogen) atoms. The number of nitrogens with one attached hydrogen (secondary N) is 2. The summed E-state index contributed by atoms with van der Waals surface area (Å²) in [5, 5.41) is 7.17. The van der Waals surface area contributed by atoms with Crippen LogP contribution in [0.15, 0.2) is 0 Å². The molecule has 1 rings (SSSR count). The number of hydrogen-bond acceptors (Lipinski definition) is 2. The molecule has 2 N–H and O–H groups in total. The molecular formula is C12H26N2. The molecule has 0 aromatic rings. The van der Waals surface area contributed by atoms with Gasteiger partial charge in [0.25, 0.3) is 0 Å². The summed E-state index contributed by atoms with van der Waals surface area (Å²) in [4.78, 5) is 0. The first-order valence-electron chi connectivity index (χ1n) is 5.75. The van der Waals surface area contributed by atoms with Crippen molar-refractivity contribution in [1.82, 2.24) is 10.6 Å². The van der Waals surface area contributed by atoms with Gasteiger partial charge in [0.1, 0.15) is 0 Å². The zero-order valence-corrected chi connectivity index (χ0v) is 10.4. The zero-order valence-electron chi connectivity index (χ0n) is 10.4. The molecule has 0 aliphatic carbocycles. The average molecular weight is 198 g/mol. The van der Waals surface area contributed by atoms with Gasteiger partial charge in [-0.1, -0.05) is 34.6 Å². The Bertz CT molecular complexity index is 179. The lowest BCUT2D eigenvalue weighted by molar-refractivity contribution is 0.171. The van der Waals surface area contributed by atoms with E-state index >= 15 is 0 Å². The van der Waals surface area contributed by atoms with Crippen LogP contribution in [0.2, 0.25) is 0 Å². The first-order valence-corrected chi connectivity index (χ1v) is 5.75. The van der Waals surface area contributed by atoms with Crippen LogP contribution >= 0.6 is 0 Å². The van der Waals surface area contributed by atoms with Crippen LogP contribution in [0, 0.1) is 10.8 Å². The first-order chi connectivity index (χ1) is 6.31. The Morgan fingerprint density at radius 3 is 2.50 bits per heavy atom. The summed E-state index contributed by atoms with van der Waals surface area (Å²) in [5.41, 5.74) is 0.782. The molecule has 1 unspecified atom stereocenters. The van der Waals surface area contributed by atoms with Gasteiger partial charge in [-0.3, -0.25) is 0 Å². The molecule has 0 aromatic heterocycles. The molecular weight excluding hydrogens is 172 g/mol. The van der Waals surface area contributed by atoms with Crippen molar-refractivity contribution < 1.29 is 0 Å². The van der Waals surface area contributed by atoms with Crippen molar-refractivity contribution in [2.45, 2.75) is 47.1 Å². The van der Waals surface area contributed by atoms with Gasteiger partial charge in [0.15, 0.2) is 0 Å². The van der Waals surface area contributed by atoms with Crippen molar-refractivity contribution in [3.8, 4) is 0 Å². The minimum Gasteiger partial charge on any atom is -0.316 e. The van der Waals surface area contributed by atoms with Gasteiger partial charge in [-0.15, -0.1) is 0 Å². The fourth-order valence-corrected chi connectivity index (χ4v) is 1.98. The Balaban J connectivity index is 2.42. The van der Waals surface area contributed by atoms with Crippen molar-refractivity contribution in [3.05, 3.63) is 0 Å². The Labute approximate surface area is 88.8 Å². The van der Waals surface area contributed by atoms with Crippen molar-refractivity contribution >= 4 is 0 Å². The summed E-state index contributed by atoms with van der Waals surface area (Å²) in [5.74, 6) is 0. The Kier molecular flexibility index (Phi) is 3.59. The van der Waals surface area contributed by atoms with Gasteiger partial charge in [0.2, 0.25) is 0 Å². The second-order valence-corrected chi connectivity index (χ2v) is 6.45. The van der Waals surface area contributed by atoms with E-state index in [2.05, 4.69) is 45.3 Å². The topological polar surface area (TPSA) is 24.1 Å². The van der Waals surface area contributed by atoms with Gasteiger partial charge in [0, 0.05) is 19.1 Å². The van der Waals surface area contributed by atoms with Crippen LogP contribution in [0.4, 0.5) is 0 Å². The smallest absolute Gasteiger partial charge is 0.0143 e. The average Bonchev–Trinajstić information content (AvgIpc) is 2.00. The fourth-order valence-electron chi connectivity index (χ4n) is 1.98. The molecule has 2 nitrogen and oxygen atoms in total. The first kappa shape index (κ1) is 12.0. The summed E-state index contributed by atoms with van der Waals surface area (Å²) < 4.78 is 0. The van der Waals surface area contributed by atoms with Crippen LogP contribution in [0.25, 0.3) is 0 Å². The van der Waals surface area contributed by atoms with E-state index in [-0.39, 0.29) is 0 Å². The number of rotatable bonds is 2. The van der Waals surface area contributed by atoms with Crippen molar-refractivity contribution in [2.75, 3.05) is 19.6 Å². The molecule has 0 aromatic carbocycles. The van der Waals surface area contributed by atoms with Gasteiger partial charge in [-0.25, -0.2) is 0 Å². The molecule has 2 heteroatoms. The normalized spacial score (nSPS) is 27.6. The highest BCUT2D eigenvalue weighted by Crippen LogP contribution is 2.25. The van der Waals surface area contributed by atoms with E-state index in [0.717, 1.165) is 19.6 Å². The number of hydrogen-bond donors (Lipinski definition) is 2. The van der Waals surface area contributed by atoms with Gasteiger partial charge in [-0.05, 0) is 23.8 Å². The third-order valence-electron chi connectivity index (χ3n) is 3.01. The highest BCUT2D eigenvalue weighted by molar-refractivity contribution is 4.90. The van der Waals surface area contributed by atoms with E-state index in [1.165, 1.54) is 6.42 Å². The van der Waals surface area contributed by atoms with Gasteiger partial charge in [-0.2, -0.15) is 0 Å². The van der Waals surface area contributed by atoms with E-state index in [4.69, 9.17) is 0 Å². The Morgan fingerprint density at radius 1 is 1.36 bits per heavy atom. The molecule has 1 aliphatic heterocycles. The molecule has 0 saturated carbocycles. The highest BCUT2D eigenvalue weighted by Gasteiger charge is 2.32. The fraction of sp³-hybridized carbons (Fsp3) is 1.00. The Hall–Kier alpha value is -0.0800. The predicted molar refractivity (Wildman–Crippen MR) is 62.5 cm³/mol. The van der Waals surface area contributed by atoms with Gasteiger partial charge >= 0.3 is 0 Å². The molecule has 1 heterocycles. The zero-order chi connectivity index (χ0) is 10.8. The SMILES string of the molecule is CC(C)(C)CNC1CCNCC1(C)C. The predicted octanol–water partition coefficient (Wildman–Crippen LogP) is 2.01. The molecule has 1 fully saturated rings. The van der Waals surface area contributed by atoms with Crippen molar-refractivity contribution in [1.29, 1.82) is 0 Å². The molecule has 0 bridgehead atoms. The molecule has 0 amide bonds. The van der Waals surface area contributed by atoms with E-state index < -0.39 is 0 Å². The monoisotopic (exact) mass is 198 g/mol. The summed E-state index contributed by atoms with van der Waals surface area (Å²) in [6.07, 6.45) is 1.25. The van der Waals surface area contributed by atoms with E-state index in [0.29, 0.717) is 16.9 Å². The second-order valence-electron chi connectivity index (χ2n) is 6.45. The maximum atomic E-state index is 3.71. The lowest BCUT2D eigenvalue weighted by atomic mass is 9.79. The van der Waals surface area contributed by atoms with Gasteiger partial charge in [0.05, 0.1) is 0 Å². The minimum atomic E-state index is 0.390. The summed E-state index contributed by atoms with van der Waals surface area (Å²) in [7, 11) is 0. The summed E-state index contributed by atoms with van der Waals surface area (Å²) >= 11 is 0. The summed E-state index contributed by atoms with van der Waals surface area (Å²) in [6.45, 7) is 15.0. The molecule has 0 radical (unpaired) electrons. The standard InChI is InChI=1S/C12H26N2/c1-11(2,3)8-14-10-6-7-13-9-12(10,4)5/h10,13-14H,6-9H2,1-5H3. The molecule has 1 aliphatic rings. The van der Waals surface area contributed by atoms with Gasteiger partial charge < -0.3 is 10.6 Å². The van der Waals surface area contributed by atoms with Crippen molar-refractivity contribution in [3.63, 3.8) is 0 Å². The molecule has 0 spiro atoms. The van der Waals surface area contributed by atoms with Crippen LogP contribution in [-0.2, 0) is 0 Å². The van der Waals surface area contributed by atoms with Crippen LogP contribution in [0.1, 0.15) is 41.0 Å². The van der Waals surface area contributed by atoms with Crippen LogP contribution in [-0.4, -0.2) is 25.7 Å². The van der Waals surface area contributed by atoms with E-state index in [1.807, 2.05) is 0 Å². The third kappa shape index (κ3) is 3.58. The Morgan fingerprint density at radius 2 is 2.00 bits per heavy atom. The highest BCUT2D eigenvalue weighted by atomic mass is 15.0. The largest absolute Gasteiger partial charge is 0.316 e. The lowest BCUT2D eigenvalue weighted by Gasteiger charge is -2.41. The molecule has 1 saturated heterocycles. The lowest BCUT2D eigenvalue weighted by Crippen LogP contribution is -2.54. The maximum Gasteiger partial charge on any atom is 0.0143 e. The van der Waals surface area contributed by atoms with Crippen LogP contribution in [0.3, 0.4) is 0 Å². The molecule has 1 atom stereocenters. The van der Waals surface area contributed by atoms with Crippen LogP contribution in [0.5, 0.6) is 0 Å². The molecule has 84 valence electrons. The van der Waals surface area contributed by atoms with E-state index in [9.17, 15) is 0 Å². The minimum absolute atomic E-state index is 0.390. The number of piperidine rings is 1. The van der Waals surface area contributed by atoms with E-state index in [1.54, 1.807) is 0 Å². The second kappa shape index (κ2) is 4.19. The van der Waals surface area contributed by atoms with Crippen molar-refractivity contribution in [2.24, 2.45) is 10.8 Å². The summed E-state index contributed by atoms with van der Waals surface area (Å²) in [6, 6.07) is 0.669. The quantitative estimate of drug-likeness (QED) is 0.709. The maximum absolute atomic E-state index is 3.71. The third-order valence-corrected chi connectivity index (χ3v) is 3.01. The van der Waals surface area contributed by atoms with Crippen LogP contribution < -0.4 is 10.6 Å².